The largest absolute Gasteiger partial charge is 0.257 e. The first-order chi connectivity index (χ1) is 7.72. The molecular weight excluding hydrogens is 196 g/mol. The second kappa shape index (κ2) is 4.30. The predicted molar refractivity (Wildman–Crippen MR) is 66.8 cm³/mol. The van der Waals surface area contributed by atoms with Gasteiger partial charge in [0.1, 0.15) is 0 Å². The highest BCUT2D eigenvalue weighted by molar-refractivity contribution is 4.98. The smallest absolute Gasteiger partial charge is 0.0156 e. The maximum atomic E-state index is 3.46. The van der Waals surface area contributed by atoms with Gasteiger partial charge in [0, 0.05) is 12.6 Å². The van der Waals surface area contributed by atoms with Crippen LogP contribution in [0.2, 0.25) is 0 Å². The minimum absolute atomic E-state index is 0.553. The molecule has 92 valence electrons. The third-order valence-electron chi connectivity index (χ3n) is 5.15. The molecule has 0 heterocycles. The van der Waals surface area contributed by atoms with E-state index in [0.29, 0.717) is 6.04 Å². The Morgan fingerprint density at radius 2 is 1.50 bits per heavy atom. The highest BCUT2D eigenvalue weighted by Gasteiger charge is 2.47. The van der Waals surface area contributed by atoms with Crippen LogP contribution in [-0.4, -0.2) is 12.6 Å². The molecule has 0 spiro atoms. The lowest BCUT2D eigenvalue weighted by atomic mass is 9.52. The zero-order chi connectivity index (χ0) is 11.1. The van der Waals surface area contributed by atoms with Crippen LogP contribution in [0.15, 0.2) is 0 Å². The van der Waals surface area contributed by atoms with E-state index in [2.05, 4.69) is 24.7 Å². The van der Waals surface area contributed by atoms with Crippen LogP contribution in [0.25, 0.3) is 0 Å². The Kier molecular flexibility index (Phi) is 2.97. The molecule has 0 aromatic heterocycles. The lowest BCUT2D eigenvalue weighted by Crippen LogP contribution is -2.51. The molecule has 4 fully saturated rings. The van der Waals surface area contributed by atoms with Crippen LogP contribution in [0.5, 0.6) is 0 Å². The Hall–Kier alpha value is -0.0800. The van der Waals surface area contributed by atoms with Gasteiger partial charge in [0.15, 0.2) is 0 Å². The molecule has 0 saturated heterocycles. The van der Waals surface area contributed by atoms with E-state index in [1.54, 1.807) is 32.1 Å². The summed E-state index contributed by atoms with van der Waals surface area (Å²) in [6.45, 7) is 5.60. The molecule has 0 amide bonds. The first-order valence-electron chi connectivity index (χ1n) is 7.20. The standard InChI is InChI=1S/C14H26N2/c1-9(2)16-15-8-14-12-4-10-3-11(6-12)7-13(14)5-10/h9-16H,3-8H2,1-2H3. The van der Waals surface area contributed by atoms with Crippen molar-refractivity contribution in [1.82, 2.24) is 10.9 Å². The van der Waals surface area contributed by atoms with Gasteiger partial charge in [-0.1, -0.05) is 0 Å². The summed E-state index contributed by atoms with van der Waals surface area (Å²) in [5, 5.41) is 0. The van der Waals surface area contributed by atoms with E-state index >= 15 is 0 Å². The fourth-order valence-corrected chi connectivity index (χ4v) is 4.75. The highest BCUT2D eigenvalue weighted by atomic mass is 15.4. The fourth-order valence-electron chi connectivity index (χ4n) is 4.75. The zero-order valence-electron chi connectivity index (χ0n) is 10.7. The minimum atomic E-state index is 0.553. The lowest BCUT2D eigenvalue weighted by molar-refractivity contribution is -0.0368. The van der Waals surface area contributed by atoms with E-state index in [-0.39, 0.29) is 0 Å². The molecule has 4 saturated carbocycles. The van der Waals surface area contributed by atoms with E-state index in [9.17, 15) is 0 Å². The van der Waals surface area contributed by atoms with E-state index in [4.69, 9.17) is 0 Å². The summed E-state index contributed by atoms with van der Waals surface area (Å²) in [7, 11) is 0. The van der Waals surface area contributed by atoms with Crippen LogP contribution in [0.4, 0.5) is 0 Å². The van der Waals surface area contributed by atoms with Crippen molar-refractivity contribution in [3.05, 3.63) is 0 Å². The summed E-state index contributed by atoms with van der Waals surface area (Å²) < 4.78 is 0. The third-order valence-corrected chi connectivity index (χ3v) is 5.15. The zero-order valence-corrected chi connectivity index (χ0v) is 10.7. The first-order valence-corrected chi connectivity index (χ1v) is 7.20. The lowest BCUT2D eigenvalue weighted by Gasteiger charge is -2.54. The Balaban J connectivity index is 1.55. The first kappa shape index (κ1) is 11.0. The molecule has 0 atom stereocenters. The summed E-state index contributed by atoms with van der Waals surface area (Å²) in [5.41, 5.74) is 6.82. The number of rotatable bonds is 4. The Labute approximate surface area is 99.5 Å². The summed E-state index contributed by atoms with van der Waals surface area (Å²) in [5.74, 6) is 5.29. The van der Waals surface area contributed by atoms with Gasteiger partial charge in [0.2, 0.25) is 0 Å². The fraction of sp³-hybridized carbons (Fsp3) is 1.00. The molecule has 0 aliphatic heterocycles. The van der Waals surface area contributed by atoms with Gasteiger partial charge < -0.3 is 0 Å². The minimum Gasteiger partial charge on any atom is -0.257 e. The second-order valence-electron chi connectivity index (χ2n) is 6.77. The predicted octanol–water partition coefficient (Wildman–Crippen LogP) is 2.56. The van der Waals surface area contributed by atoms with Gasteiger partial charge in [-0.2, -0.15) is 0 Å². The van der Waals surface area contributed by atoms with Crippen LogP contribution in [0.3, 0.4) is 0 Å². The van der Waals surface area contributed by atoms with Gasteiger partial charge in [0.05, 0.1) is 0 Å². The van der Waals surface area contributed by atoms with Crippen molar-refractivity contribution in [3.63, 3.8) is 0 Å². The number of hydrogen-bond acceptors (Lipinski definition) is 2. The summed E-state index contributed by atoms with van der Waals surface area (Å²) in [4.78, 5) is 0. The van der Waals surface area contributed by atoms with E-state index in [0.717, 1.165) is 29.6 Å². The quantitative estimate of drug-likeness (QED) is 0.714. The summed E-state index contributed by atoms with van der Waals surface area (Å²) in [6, 6.07) is 0.553. The van der Waals surface area contributed by atoms with Crippen LogP contribution in [-0.2, 0) is 0 Å². The summed E-state index contributed by atoms with van der Waals surface area (Å²) >= 11 is 0. The molecule has 2 heteroatoms. The van der Waals surface area contributed by atoms with Crippen LogP contribution >= 0.6 is 0 Å². The molecule has 2 N–H and O–H groups in total. The van der Waals surface area contributed by atoms with Gasteiger partial charge >= 0.3 is 0 Å². The van der Waals surface area contributed by atoms with Crippen molar-refractivity contribution in [2.75, 3.05) is 6.54 Å². The molecule has 2 nitrogen and oxygen atoms in total. The Bertz CT molecular complexity index is 221. The van der Waals surface area contributed by atoms with Gasteiger partial charge in [-0.3, -0.25) is 10.9 Å². The second-order valence-corrected chi connectivity index (χ2v) is 6.77. The van der Waals surface area contributed by atoms with Crippen LogP contribution in [0.1, 0.15) is 46.0 Å². The Morgan fingerprint density at radius 3 is 2.00 bits per heavy atom. The molecule has 0 aromatic rings. The summed E-state index contributed by atoms with van der Waals surface area (Å²) in [6.07, 6.45) is 7.74. The average molecular weight is 222 g/mol. The maximum Gasteiger partial charge on any atom is 0.0156 e. The molecular formula is C14H26N2. The topological polar surface area (TPSA) is 24.1 Å². The molecule has 16 heavy (non-hydrogen) atoms. The van der Waals surface area contributed by atoms with Gasteiger partial charge in [-0.25, -0.2) is 0 Å². The molecule has 0 unspecified atom stereocenters. The molecule has 0 radical (unpaired) electrons. The van der Waals surface area contributed by atoms with Gasteiger partial charge in [-0.05, 0) is 75.5 Å². The van der Waals surface area contributed by atoms with Crippen molar-refractivity contribution < 1.29 is 0 Å². The van der Waals surface area contributed by atoms with Crippen molar-refractivity contribution in [2.45, 2.75) is 52.0 Å². The van der Waals surface area contributed by atoms with E-state index in [1.165, 1.54) is 6.54 Å². The van der Waals surface area contributed by atoms with Gasteiger partial charge in [0.25, 0.3) is 0 Å². The molecule has 4 bridgehead atoms. The number of hydrazine groups is 1. The molecule has 4 rings (SSSR count). The third kappa shape index (κ3) is 2.02. The molecule has 4 aliphatic rings. The van der Waals surface area contributed by atoms with Crippen LogP contribution in [0, 0.1) is 29.6 Å². The monoisotopic (exact) mass is 222 g/mol. The Morgan fingerprint density at radius 1 is 0.938 bits per heavy atom. The number of nitrogens with one attached hydrogen (secondary N) is 2. The highest BCUT2D eigenvalue weighted by Crippen LogP contribution is 2.56. The number of hydrogen-bond donors (Lipinski definition) is 2. The van der Waals surface area contributed by atoms with Gasteiger partial charge in [-0.15, -0.1) is 0 Å². The average Bonchev–Trinajstić information content (AvgIpc) is 2.20. The van der Waals surface area contributed by atoms with Crippen LogP contribution < -0.4 is 10.9 Å². The maximum absolute atomic E-state index is 3.46. The van der Waals surface area contributed by atoms with Crippen molar-refractivity contribution in [2.24, 2.45) is 29.6 Å². The molecule has 0 aromatic carbocycles. The SMILES string of the molecule is CC(C)NNCC1C2CC3CC(C2)CC1C3. The van der Waals surface area contributed by atoms with E-state index in [1.807, 2.05) is 0 Å². The van der Waals surface area contributed by atoms with Crippen molar-refractivity contribution in [1.29, 1.82) is 0 Å². The van der Waals surface area contributed by atoms with E-state index < -0.39 is 0 Å². The van der Waals surface area contributed by atoms with Crippen molar-refractivity contribution >= 4 is 0 Å². The molecule has 4 aliphatic carbocycles. The van der Waals surface area contributed by atoms with Crippen molar-refractivity contribution in [3.8, 4) is 0 Å². The normalized spacial score (nSPS) is 45.6.